The maximum atomic E-state index is 11.9. The molecule has 1 aromatic heterocycles. The molecule has 0 amide bonds. The van der Waals surface area contributed by atoms with Crippen LogP contribution in [0.2, 0.25) is 0 Å². The SMILES string of the molecule is Nc1[nH]ncc1S(=O)(=O)N1CCC(O)C1. The van der Waals surface area contributed by atoms with Crippen LogP contribution in [0.5, 0.6) is 0 Å². The molecular formula is C7H12N4O3S. The van der Waals surface area contributed by atoms with Crippen LogP contribution in [0.4, 0.5) is 5.82 Å². The van der Waals surface area contributed by atoms with Gasteiger partial charge in [0.05, 0.1) is 12.3 Å². The van der Waals surface area contributed by atoms with E-state index in [9.17, 15) is 13.5 Å². The lowest BCUT2D eigenvalue weighted by Crippen LogP contribution is -2.29. The average Bonchev–Trinajstić information content (AvgIpc) is 2.74. The van der Waals surface area contributed by atoms with E-state index in [0.29, 0.717) is 13.0 Å². The van der Waals surface area contributed by atoms with Gasteiger partial charge in [0.1, 0.15) is 10.7 Å². The summed E-state index contributed by atoms with van der Waals surface area (Å²) in [6.45, 7) is 0.432. The van der Waals surface area contributed by atoms with Gasteiger partial charge in [-0.1, -0.05) is 0 Å². The third-order valence-electron chi connectivity index (χ3n) is 2.38. The Morgan fingerprint density at radius 2 is 2.40 bits per heavy atom. The van der Waals surface area contributed by atoms with Gasteiger partial charge in [-0.05, 0) is 6.42 Å². The summed E-state index contributed by atoms with van der Waals surface area (Å²) in [5, 5.41) is 15.2. The Morgan fingerprint density at radius 3 is 2.87 bits per heavy atom. The summed E-state index contributed by atoms with van der Waals surface area (Å²) in [4.78, 5) is -0.0309. The Hall–Kier alpha value is -1.12. The molecule has 84 valence electrons. The minimum absolute atomic E-state index is 0.0244. The standard InChI is InChI=1S/C7H12N4O3S/c8-7-6(3-9-10-7)15(13,14)11-2-1-5(12)4-11/h3,5,12H,1-2,4H2,(H3,8,9,10). The molecule has 1 fully saturated rings. The van der Waals surface area contributed by atoms with Crippen molar-refractivity contribution in [3.05, 3.63) is 6.20 Å². The van der Waals surface area contributed by atoms with E-state index in [2.05, 4.69) is 10.2 Å². The highest BCUT2D eigenvalue weighted by molar-refractivity contribution is 7.89. The Morgan fingerprint density at radius 1 is 1.67 bits per heavy atom. The molecule has 7 nitrogen and oxygen atoms in total. The molecule has 0 bridgehead atoms. The fraction of sp³-hybridized carbons (Fsp3) is 0.571. The van der Waals surface area contributed by atoms with E-state index < -0.39 is 16.1 Å². The van der Waals surface area contributed by atoms with Gasteiger partial charge in [0, 0.05) is 13.1 Å². The lowest BCUT2D eigenvalue weighted by molar-refractivity contribution is 0.189. The first kappa shape index (κ1) is 10.4. The van der Waals surface area contributed by atoms with E-state index in [1.807, 2.05) is 0 Å². The van der Waals surface area contributed by atoms with Crippen LogP contribution in [0.3, 0.4) is 0 Å². The normalized spacial score (nSPS) is 23.4. The minimum Gasteiger partial charge on any atom is -0.392 e. The third-order valence-corrected chi connectivity index (χ3v) is 4.27. The lowest BCUT2D eigenvalue weighted by atomic mass is 10.3. The molecule has 15 heavy (non-hydrogen) atoms. The van der Waals surface area contributed by atoms with E-state index in [-0.39, 0.29) is 17.3 Å². The number of nitrogens with two attached hydrogens (primary N) is 1. The molecule has 0 saturated carbocycles. The molecule has 8 heteroatoms. The number of sulfonamides is 1. The molecule has 1 aromatic rings. The van der Waals surface area contributed by atoms with Crippen LogP contribution in [0, 0.1) is 0 Å². The topological polar surface area (TPSA) is 112 Å². The van der Waals surface area contributed by atoms with Crippen molar-refractivity contribution >= 4 is 15.8 Å². The predicted octanol–water partition coefficient (Wildman–Crippen LogP) is -1.25. The molecule has 1 saturated heterocycles. The number of β-amino-alcohol motifs (C(OH)–C–C–N with tert-alkyl or cyclic N) is 1. The molecule has 4 N–H and O–H groups in total. The van der Waals surface area contributed by atoms with E-state index >= 15 is 0 Å². The van der Waals surface area contributed by atoms with Crippen molar-refractivity contribution in [1.82, 2.24) is 14.5 Å². The molecule has 0 spiro atoms. The number of aliphatic hydroxyl groups is 1. The average molecular weight is 232 g/mol. The zero-order valence-corrected chi connectivity index (χ0v) is 8.74. The predicted molar refractivity (Wildman–Crippen MR) is 52.4 cm³/mol. The zero-order chi connectivity index (χ0) is 11.1. The van der Waals surface area contributed by atoms with Crippen molar-refractivity contribution in [2.75, 3.05) is 18.8 Å². The second-order valence-electron chi connectivity index (χ2n) is 3.45. The summed E-state index contributed by atoms with van der Waals surface area (Å²) in [7, 11) is -3.60. The number of nitrogens with zero attached hydrogens (tertiary/aromatic N) is 2. The molecular weight excluding hydrogens is 220 g/mol. The van der Waals surface area contributed by atoms with Gasteiger partial charge < -0.3 is 10.8 Å². The highest BCUT2D eigenvalue weighted by Crippen LogP contribution is 2.23. The molecule has 1 aliphatic rings. The molecule has 0 aromatic carbocycles. The molecule has 1 aliphatic heterocycles. The lowest BCUT2D eigenvalue weighted by Gasteiger charge is -2.14. The van der Waals surface area contributed by atoms with Gasteiger partial charge in [0.2, 0.25) is 10.0 Å². The number of anilines is 1. The van der Waals surface area contributed by atoms with Crippen LogP contribution >= 0.6 is 0 Å². The largest absolute Gasteiger partial charge is 0.392 e. The molecule has 1 unspecified atom stereocenters. The highest BCUT2D eigenvalue weighted by Gasteiger charge is 2.33. The summed E-state index contributed by atoms with van der Waals surface area (Å²) >= 11 is 0. The Labute approximate surface area is 86.9 Å². The van der Waals surface area contributed by atoms with Crippen LogP contribution in [0.25, 0.3) is 0 Å². The van der Waals surface area contributed by atoms with Gasteiger partial charge in [-0.15, -0.1) is 0 Å². The molecule has 1 atom stereocenters. The van der Waals surface area contributed by atoms with Gasteiger partial charge in [-0.3, -0.25) is 5.10 Å². The van der Waals surface area contributed by atoms with Crippen molar-refractivity contribution in [3.63, 3.8) is 0 Å². The van der Waals surface area contributed by atoms with Crippen molar-refractivity contribution < 1.29 is 13.5 Å². The van der Waals surface area contributed by atoms with Gasteiger partial charge in [0.25, 0.3) is 0 Å². The number of hydrogen-bond donors (Lipinski definition) is 3. The first-order valence-corrected chi connectivity index (χ1v) is 5.93. The van der Waals surface area contributed by atoms with Crippen LogP contribution in [-0.2, 0) is 10.0 Å². The number of H-pyrrole nitrogens is 1. The van der Waals surface area contributed by atoms with Gasteiger partial charge >= 0.3 is 0 Å². The molecule has 0 radical (unpaired) electrons. The quantitative estimate of drug-likeness (QED) is 0.589. The Bertz CT molecular complexity index is 455. The summed E-state index contributed by atoms with van der Waals surface area (Å²) in [5.41, 5.74) is 5.44. The first-order chi connectivity index (χ1) is 7.01. The van der Waals surface area contributed by atoms with Crippen LogP contribution in [0.1, 0.15) is 6.42 Å². The zero-order valence-electron chi connectivity index (χ0n) is 7.92. The van der Waals surface area contributed by atoms with Crippen molar-refractivity contribution in [2.24, 2.45) is 0 Å². The number of aliphatic hydroxyl groups excluding tert-OH is 1. The first-order valence-electron chi connectivity index (χ1n) is 4.49. The van der Waals surface area contributed by atoms with Gasteiger partial charge in [0.15, 0.2) is 0 Å². The fourth-order valence-electron chi connectivity index (χ4n) is 1.56. The third kappa shape index (κ3) is 1.71. The monoisotopic (exact) mass is 232 g/mol. The van der Waals surface area contributed by atoms with E-state index in [1.54, 1.807) is 0 Å². The van der Waals surface area contributed by atoms with E-state index in [4.69, 9.17) is 5.73 Å². The van der Waals surface area contributed by atoms with Crippen LogP contribution in [0.15, 0.2) is 11.1 Å². The van der Waals surface area contributed by atoms with E-state index in [1.165, 1.54) is 10.5 Å². The summed E-state index contributed by atoms with van der Waals surface area (Å²) in [6.07, 6.45) is 1.04. The van der Waals surface area contributed by atoms with Gasteiger partial charge in [-0.2, -0.15) is 9.40 Å². The maximum Gasteiger partial charge on any atom is 0.248 e. The van der Waals surface area contributed by atoms with Crippen molar-refractivity contribution in [2.45, 2.75) is 17.4 Å². The second-order valence-corrected chi connectivity index (χ2v) is 5.36. The number of aromatic nitrogens is 2. The fourth-order valence-corrected chi connectivity index (χ4v) is 3.06. The second kappa shape index (κ2) is 3.47. The van der Waals surface area contributed by atoms with Crippen molar-refractivity contribution in [1.29, 1.82) is 0 Å². The van der Waals surface area contributed by atoms with E-state index in [0.717, 1.165) is 0 Å². The molecule has 0 aliphatic carbocycles. The summed E-state index contributed by atoms with van der Waals surface area (Å²) in [5.74, 6) is 0.0244. The molecule has 2 heterocycles. The Balaban J connectivity index is 2.32. The van der Waals surface area contributed by atoms with Crippen molar-refractivity contribution in [3.8, 4) is 0 Å². The van der Waals surface area contributed by atoms with Gasteiger partial charge in [-0.25, -0.2) is 8.42 Å². The highest BCUT2D eigenvalue weighted by atomic mass is 32.2. The smallest absolute Gasteiger partial charge is 0.248 e. The van der Waals surface area contributed by atoms with Crippen LogP contribution in [-0.4, -0.2) is 47.2 Å². The number of aromatic amines is 1. The number of nitrogens with one attached hydrogen (secondary N) is 1. The number of nitrogen functional groups attached to an aromatic ring is 1. The maximum absolute atomic E-state index is 11.9. The summed E-state index contributed by atoms with van der Waals surface area (Å²) < 4.78 is 25.1. The number of rotatable bonds is 2. The minimum atomic E-state index is -3.60. The van der Waals surface area contributed by atoms with Crippen LogP contribution < -0.4 is 5.73 Å². The summed E-state index contributed by atoms with van der Waals surface area (Å²) in [6, 6.07) is 0. The Kier molecular flexibility index (Phi) is 2.41. The number of hydrogen-bond acceptors (Lipinski definition) is 5. The molecule has 2 rings (SSSR count).